The van der Waals surface area contributed by atoms with Crippen molar-refractivity contribution in [1.29, 1.82) is 0 Å². The van der Waals surface area contributed by atoms with Crippen molar-refractivity contribution in [3.63, 3.8) is 0 Å². The number of nitrogens with zero attached hydrogens (tertiary/aromatic N) is 1. The smallest absolute Gasteiger partial charge is 0.341 e. The van der Waals surface area contributed by atoms with E-state index in [0.29, 0.717) is 23.6 Å². The monoisotopic (exact) mass is 447 g/mol. The molecule has 0 aromatic heterocycles. The molecule has 1 aliphatic carbocycles. The first-order valence-electron chi connectivity index (χ1n) is 10.7. The summed E-state index contributed by atoms with van der Waals surface area (Å²) in [6, 6.07) is 8.40. The first kappa shape index (κ1) is 22.1. The number of imide groups is 1. The molecule has 1 aliphatic heterocycles. The van der Waals surface area contributed by atoms with E-state index in [9.17, 15) is 27.6 Å². The highest BCUT2D eigenvalue weighted by atomic mass is 19.4. The van der Waals surface area contributed by atoms with Crippen LogP contribution in [0.3, 0.4) is 0 Å². The lowest BCUT2D eigenvalue weighted by molar-refractivity contribution is -0.163. The maximum absolute atomic E-state index is 13.9. The molecule has 4 rings (SSSR count). The number of hydrogen-bond acceptors (Lipinski definition) is 3. The molecular formula is C23H24F3N3O3. The molecule has 1 heterocycles. The zero-order valence-corrected chi connectivity index (χ0v) is 17.4. The number of benzene rings is 2. The summed E-state index contributed by atoms with van der Waals surface area (Å²) in [5.74, 6) is -1.28. The summed E-state index contributed by atoms with van der Waals surface area (Å²) in [6.07, 6.45) is -1.42. The molecule has 1 saturated carbocycles. The quantitative estimate of drug-likeness (QED) is 0.675. The van der Waals surface area contributed by atoms with Gasteiger partial charge >= 0.3 is 12.2 Å². The molecule has 1 spiro atoms. The number of halogens is 3. The number of fused-ring (bicyclic) bond motifs is 1. The number of urea groups is 1. The van der Waals surface area contributed by atoms with Crippen LogP contribution < -0.4 is 10.6 Å². The van der Waals surface area contributed by atoms with Crippen LogP contribution in [0.4, 0.5) is 18.0 Å². The minimum absolute atomic E-state index is 0.0555. The molecule has 9 heteroatoms. The highest BCUT2D eigenvalue weighted by molar-refractivity contribution is 6.07. The van der Waals surface area contributed by atoms with E-state index in [1.165, 1.54) is 12.1 Å². The van der Waals surface area contributed by atoms with Crippen LogP contribution in [0.1, 0.15) is 50.1 Å². The molecule has 32 heavy (non-hydrogen) atoms. The number of alkyl halides is 3. The summed E-state index contributed by atoms with van der Waals surface area (Å²) in [4.78, 5) is 38.5. The van der Waals surface area contributed by atoms with E-state index >= 15 is 0 Å². The van der Waals surface area contributed by atoms with E-state index in [-0.39, 0.29) is 12.1 Å². The number of rotatable bonds is 5. The number of amides is 4. The summed E-state index contributed by atoms with van der Waals surface area (Å²) in [5, 5.41) is 5.81. The molecule has 0 radical (unpaired) electrons. The highest BCUT2D eigenvalue weighted by Gasteiger charge is 2.51. The molecule has 4 amide bonds. The molecular weight excluding hydrogens is 423 g/mol. The molecule has 2 aromatic carbocycles. The van der Waals surface area contributed by atoms with Gasteiger partial charge in [0.2, 0.25) is 5.91 Å². The van der Waals surface area contributed by atoms with E-state index in [1.807, 2.05) is 0 Å². The van der Waals surface area contributed by atoms with Crippen LogP contribution >= 0.6 is 0 Å². The summed E-state index contributed by atoms with van der Waals surface area (Å²) < 4.78 is 41.6. The van der Waals surface area contributed by atoms with Crippen molar-refractivity contribution >= 4 is 28.6 Å². The Morgan fingerprint density at radius 1 is 1.06 bits per heavy atom. The van der Waals surface area contributed by atoms with Crippen molar-refractivity contribution < 1.29 is 27.6 Å². The largest absolute Gasteiger partial charge is 0.412 e. The van der Waals surface area contributed by atoms with Gasteiger partial charge in [0.25, 0.3) is 5.91 Å². The van der Waals surface area contributed by atoms with Gasteiger partial charge in [0, 0.05) is 13.0 Å². The van der Waals surface area contributed by atoms with Gasteiger partial charge in [-0.2, -0.15) is 13.2 Å². The lowest BCUT2D eigenvalue weighted by Crippen LogP contribution is -2.48. The molecule has 1 saturated heterocycles. The zero-order valence-electron chi connectivity index (χ0n) is 17.4. The van der Waals surface area contributed by atoms with Crippen molar-refractivity contribution in [2.45, 2.75) is 56.3 Å². The van der Waals surface area contributed by atoms with Crippen LogP contribution in [0.25, 0.3) is 10.8 Å². The summed E-state index contributed by atoms with van der Waals surface area (Å²) in [5.41, 5.74) is -0.983. The molecule has 1 unspecified atom stereocenters. The van der Waals surface area contributed by atoms with Gasteiger partial charge < -0.3 is 10.6 Å². The van der Waals surface area contributed by atoms with Crippen LogP contribution in [-0.2, 0) is 9.59 Å². The molecule has 6 nitrogen and oxygen atoms in total. The van der Waals surface area contributed by atoms with Gasteiger partial charge in [-0.15, -0.1) is 0 Å². The van der Waals surface area contributed by atoms with Gasteiger partial charge in [-0.05, 0) is 29.2 Å². The van der Waals surface area contributed by atoms with Gasteiger partial charge in [-0.3, -0.25) is 14.5 Å². The Hall–Kier alpha value is -3.10. The van der Waals surface area contributed by atoms with E-state index < -0.39 is 42.0 Å². The Balaban J connectivity index is 1.47. The van der Waals surface area contributed by atoms with Crippen LogP contribution in [-0.4, -0.2) is 41.0 Å². The fourth-order valence-electron chi connectivity index (χ4n) is 4.66. The average molecular weight is 447 g/mol. The molecule has 2 fully saturated rings. The lowest BCUT2D eigenvalue weighted by Gasteiger charge is -2.30. The van der Waals surface area contributed by atoms with Gasteiger partial charge in [-0.1, -0.05) is 61.7 Å². The van der Waals surface area contributed by atoms with Crippen LogP contribution in [0.2, 0.25) is 0 Å². The minimum Gasteiger partial charge on any atom is -0.341 e. The van der Waals surface area contributed by atoms with Gasteiger partial charge in [0.15, 0.2) is 6.04 Å². The fourth-order valence-corrected chi connectivity index (χ4v) is 4.66. The third-order valence-electron chi connectivity index (χ3n) is 6.28. The van der Waals surface area contributed by atoms with E-state index in [0.717, 1.165) is 24.2 Å². The molecule has 2 N–H and O–H groups in total. The Morgan fingerprint density at radius 3 is 2.47 bits per heavy atom. The predicted molar refractivity (Wildman–Crippen MR) is 112 cm³/mol. The first-order valence-corrected chi connectivity index (χ1v) is 10.7. The van der Waals surface area contributed by atoms with Crippen LogP contribution in [0.5, 0.6) is 0 Å². The maximum atomic E-state index is 13.9. The SMILES string of the molecule is O=C(CCN1C(=O)NC2(CCCCC2)C1=O)NC(c1cccc2ccccc12)C(F)(F)F. The zero-order chi connectivity index (χ0) is 22.9. The van der Waals surface area contributed by atoms with E-state index in [4.69, 9.17) is 0 Å². The summed E-state index contributed by atoms with van der Waals surface area (Å²) >= 11 is 0. The third-order valence-corrected chi connectivity index (χ3v) is 6.28. The topological polar surface area (TPSA) is 78.5 Å². The summed E-state index contributed by atoms with van der Waals surface area (Å²) in [7, 11) is 0. The van der Waals surface area contributed by atoms with Crippen molar-refractivity contribution in [3.05, 3.63) is 48.0 Å². The average Bonchev–Trinajstić information content (AvgIpc) is 2.98. The highest BCUT2D eigenvalue weighted by Crippen LogP contribution is 2.37. The van der Waals surface area contributed by atoms with Crippen molar-refractivity contribution in [1.82, 2.24) is 15.5 Å². The van der Waals surface area contributed by atoms with Crippen molar-refractivity contribution in [2.75, 3.05) is 6.54 Å². The van der Waals surface area contributed by atoms with E-state index in [2.05, 4.69) is 10.6 Å². The molecule has 2 aliphatic rings. The molecule has 170 valence electrons. The Morgan fingerprint density at radius 2 is 1.75 bits per heavy atom. The normalized spacial score (nSPS) is 19.3. The number of hydrogen-bond donors (Lipinski definition) is 2. The van der Waals surface area contributed by atoms with Crippen molar-refractivity contribution in [3.8, 4) is 0 Å². The third kappa shape index (κ3) is 4.16. The van der Waals surface area contributed by atoms with Crippen LogP contribution in [0, 0.1) is 0 Å². The van der Waals surface area contributed by atoms with Gasteiger partial charge in [0.1, 0.15) is 5.54 Å². The van der Waals surface area contributed by atoms with E-state index in [1.54, 1.807) is 30.3 Å². The first-order chi connectivity index (χ1) is 15.2. The number of carbonyl (C=O) groups is 3. The molecule has 0 bridgehead atoms. The van der Waals surface area contributed by atoms with Crippen molar-refractivity contribution in [2.24, 2.45) is 0 Å². The molecule has 1 atom stereocenters. The number of carbonyl (C=O) groups excluding carboxylic acids is 3. The Labute approximate surface area is 183 Å². The minimum atomic E-state index is -4.72. The number of nitrogens with one attached hydrogen (secondary N) is 2. The lowest BCUT2D eigenvalue weighted by atomic mass is 9.82. The fraction of sp³-hybridized carbons (Fsp3) is 0.435. The summed E-state index contributed by atoms with van der Waals surface area (Å²) in [6.45, 7) is -0.266. The second-order valence-electron chi connectivity index (χ2n) is 8.39. The standard InChI is InChI=1S/C23H24F3N3O3/c24-23(25,26)19(17-10-6-8-15-7-2-3-9-16(15)17)27-18(30)11-14-29-20(31)22(28-21(29)32)12-4-1-5-13-22/h2-3,6-10,19H,1,4-5,11-14H2,(H,27,30)(H,28,32). The van der Waals surface area contributed by atoms with Crippen LogP contribution in [0.15, 0.2) is 42.5 Å². The second kappa shape index (κ2) is 8.44. The van der Waals surface area contributed by atoms with Gasteiger partial charge in [0.05, 0.1) is 0 Å². The maximum Gasteiger partial charge on any atom is 0.412 e. The second-order valence-corrected chi connectivity index (χ2v) is 8.39. The Kier molecular flexibility index (Phi) is 5.83. The predicted octanol–water partition coefficient (Wildman–Crippen LogP) is 4.20. The Bertz CT molecular complexity index is 1040. The molecule has 2 aromatic rings. The van der Waals surface area contributed by atoms with Gasteiger partial charge in [-0.25, -0.2) is 4.79 Å².